The molecule has 3 rings (SSSR count). The average Bonchev–Trinajstić information content (AvgIpc) is 2.55. The molecule has 2 aromatic rings. The van der Waals surface area contributed by atoms with Crippen LogP contribution in [-0.4, -0.2) is 61.3 Å². The number of piperazine rings is 1. The quantitative estimate of drug-likeness (QED) is 0.843. The van der Waals surface area contributed by atoms with E-state index in [2.05, 4.69) is 20.2 Å². The number of nitrogens with zero attached hydrogens (tertiary/aromatic N) is 3. The zero-order chi connectivity index (χ0) is 15.4. The van der Waals surface area contributed by atoms with E-state index in [1.54, 1.807) is 7.11 Å². The minimum absolute atomic E-state index is 0.413. The molecule has 1 fully saturated rings. The van der Waals surface area contributed by atoms with Gasteiger partial charge in [-0.3, -0.25) is 4.90 Å². The van der Waals surface area contributed by atoms with E-state index in [0.717, 1.165) is 43.6 Å². The van der Waals surface area contributed by atoms with E-state index in [0.29, 0.717) is 23.3 Å². The summed E-state index contributed by atoms with van der Waals surface area (Å²) in [5, 5.41) is 4.51. The standard InChI is InChI=1S/C15H19ClN4O2/c1-21-13-8-11-12(18-10-19-15(11)16)9-14(13)22-7-6-20-4-2-17-3-5-20/h8-10,17H,2-7H2,1H3. The van der Waals surface area contributed by atoms with Crippen LogP contribution in [0.3, 0.4) is 0 Å². The fourth-order valence-electron chi connectivity index (χ4n) is 2.52. The molecule has 1 saturated heterocycles. The second-order valence-electron chi connectivity index (χ2n) is 5.12. The summed E-state index contributed by atoms with van der Waals surface area (Å²) in [4.78, 5) is 10.6. The van der Waals surface area contributed by atoms with Gasteiger partial charge in [0.2, 0.25) is 0 Å². The van der Waals surface area contributed by atoms with Gasteiger partial charge in [-0.05, 0) is 6.07 Å². The van der Waals surface area contributed by atoms with Gasteiger partial charge in [-0.25, -0.2) is 9.97 Å². The van der Waals surface area contributed by atoms with Gasteiger partial charge in [0, 0.05) is 44.2 Å². The van der Waals surface area contributed by atoms with Crippen LogP contribution in [0.25, 0.3) is 10.9 Å². The molecule has 2 heterocycles. The van der Waals surface area contributed by atoms with Gasteiger partial charge in [0.25, 0.3) is 0 Å². The normalized spacial score (nSPS) is 15.9. The maximum Gasteiger partial charge on any atom is 0.163 e. The molecule has 0 saturated carbocycles. The summed E-state index contributed by atoms with van der Waals surface area (Å²) in [7, 11) is 1.61. The monoisotopic (exact) mass is 322 g/mol. The van der Waals surface area contributed by atoms with Crippen molar-refractivity contribution in [3.8, 4) is 11.5 Å². The summed E-state index contributed by atoms with van der Waals surface area (Å²) >= 11 is 6.08. The van der Waals surface area contributed by atoms with Gasteiger partial charge in [-0.2, -0.15) is 0 Å². The smallest absolute Gasteiger partial charge is 0.163 e. The Morgan fingerprint density at radius 2 is 2.05 bits per heavy atom. The van der Waals surface area contributed by atoms with Crippen LogP contribution in [0, 0.1) is 0 Å². The van der Waals surface area contributed by atoms with Crippen molar-refractivity contribution in [1.82, 2.24) is 20.2 Å². The molecule has 0 spiro atoms. The summed E-state index contributed by atoms with van der Waals surface area (Å²) < 4.78 is 11.3. The second-order valence-corrected chi connectivity index (χ2v) is 5.48. The minimum Gasteiger partial charge on any atom is -0.493 e. The Kier molecular flexibility index (Phi) is 4.92. The molecule has 1 aliphatic heterocycles. The molecule has 1 aromatic heterocycles. The molecule has 0 atom stereocenters. The van der Waals surface area contributed by atoms with Crippen molar-refractivity contribution in [3.05, 3.63) is 23.6 Å². The Morgan fingerprint density at radius 3 is 2.82 bits per heavy atom. The largest absolute Gasteiger partial charge is 0.493 e. The molecule has 1 N–H and O–H groups in total. The molecular formula is C15H19ClN4O2. The predicted octanol–water partition coefficient (Wildman–Crippen LogP) is 1.58. The molecule has 7 heteroatoms. The van der Waals surface area contributed by atoms with Crippen LogP contribution < -0.4 is 14.8 Å². The number of ether oxygens (including phenoxy) is 2. The van der Waals surface area contributed by atoms with Crippen LogP contribution in [0.15, 0.2) is 18.5 Å². The summed E-state index contributed by atoms with van der Waals surface area (Å²) in [5.74, 6) is 1.32. The van der Waals surface area contributed by atoms with Gasteiger partial charge in [0.05, 0.1) is 12.6 Å². The fraction of sp³-hybridized carbons (Fsp3) is 0.467. The molecule has 1 aliphatic rings. The lowest BCUT2D eigenvalue weighted by atomic mass is 10.2. The van der Waals surface area contributed by atoms with E-state index in [1.807, 2.05) is 12.1 Å². The van der Waals surface area contributed by atoms with E-state index in [1.165, 1.54) is 6.33 Å². The van der Waals surface area contributed by atoms with Crippen molar-refractivity contribution in [2.75, 3.05) is 46.4 Å². The Morgan fingerprint density at radius 1 is 1.23 bits per heavy atom. The van der Waals surface area contributed by atoms with Crippen molar-refractivity contribution in [3.63, 3.8) is 0 Å². The lowest BCUT2D eigenvalue weighted by molar-refractivity contribution is 0.188. The molecular weight excluding hydrogens is 304 g/mol. The van der Waals surface area contributed by atoms with Gasteiger partial charge in [0.1, 0.15) is 18.1 Å². The molecule has 0 radical (unpaired) electrons. The topological polar surface area (TPSA) is 59.5 Å². The lowest BCUT2D eigenvalue weighted by Crippen LogP contribution is -2.44. The molecule has 0 aliphatic carbocycles. The molecule has 0 amide bonds. The van der Waals surface area contributed by atoms with Crippen LogP contribution in [0.1, 0.15) is 0 Å². The highest BCUT2D eigenvalue weighted by molar-refractivity contribution is 6.34. The van der Waals surface area contributed by atoms with Crippen LogP contribution in [0.5, 0.6) is 11.5 Å². The number of halogens is 1. The molecule has 0 bridgehead atoms. The third kappa shape index (κ3) is 3.40. The number of benzene rings is 1. The van der Waals surface area contributed by atoms with Crippen LogP contribution >= 0.6 is 11.6 Å². The van der Waals surface area contributed by atoms with Crippen LogP contribution in [0.2, 0.25) is 5.15 Å². The first-order valence-electron chi connectivity index (χ1n) is 7.32. The maximum atomic E-state index is 6.08. The number of methoxy groups -OCH3 is 1. The van der Waals surface area contributed by atoms with Gasteiger partial charge in [-0.1, -0.05) is 11.6 Å². The van der Waals surface area contributed by atoms with Gasteiger partial charge >= 0.3 is 0 Å². The number of hydrogen-bond donors (Lipinski definition) is 1. The highest BCUT2D eigenvalue weighted by atomic mass is 35.5. The Labute approximate surface area is 134 Å². The predicted molar refractivity (Wildman–Crippen MR) is 85.9 cm³/mol. The van der Waals surface area contributed by atoms with Crippen molar-refractivity contribution in [2.45, 2.75) is 0 Å². The average molecular weight is 323 g/mol. The highest BCUT2D eigenvalue weighted by Gasteiger charge is 2.12. The van der Waals surface area contributed by atoms with Crippen molar-refractivity contribution >= 4 is 22.5 Å². The van der Waals surface area contributed by atoms with E-state index in [-0.39, 0.29) is 0 Å². The second kappa shape index (κ2) is 7.09. The molecule has 22 heavy (non-hydrogen) atoms. The Balaban J connectivity index is 1.72. The maximum absolute atomic E-state index is 6.08. The van der Waals surface area contributed by atoms with Crippen molar-refractivity contribution in [1.29, 1.82) is 0 Å². The summed E-state index contributed by atoms with van der Waals surface area (Å²) in [6, 6.07) is 3.66. The first-order valence-corrected chi connectivity index (χ1v) is 7.70. The number of rotatable bonds is 5. The minimum atomic E-state index is 0.413. The zero-order valence-corrected chi connectivity index (χ0v) is 13.3. The summed E-state index contributed by atoms with van der Waals surface area (Å²) in [5.41, 5.74) is 0.748. The zero-order valence-electron chi connectivity index (χ0n) is 12.5. The molecule has 1 aromatic carbocycles. The van der Waals surface area contributed by atoms with Crippen molar-refractivity contribution in [2.24, 2.45) is 0 Å². The fourth-order valence-corrected chi connectivity index (χ4v) is 2.72. The molecule has 6 nitrogen and oxygen atoms in total. The Bertz CT molecular complexity index is 647. The molecule has 0 unspecified atom stereocenters. The first-order chi connectivity index (χ1) is 10.8. The third-order valence-corrected chi connectivity index (χ3v) is 4.05. The lowest BCUT2D eigenvalue weighted by Gasteiger charge is -2.27. The van der Waals surface area contributed by atoms with Crippen molar-refractivity contribution < 1.29 is 9.47 Å². The number of nitrogens with one attached hydrogen (secondary N) is 1. The van der Waals surface area contributed by atoms with Gasteiger partial charge in [-0.15, -0.1) is 0 Å². The van der Waals surface area contributed by atoms with E-state index in [9.17, 15) is 0 Å². The van der Waals surface area contributed by atoms with Crippen LogP contribution in [0.4, 0.5) is 0 Å². The number of fused-ring (bicyclic) bond motifs is 1. The third-order valence-electron chi connectivity index (χ3n) is 3.75. The highest BCUT2D eigenvalue weighted by Crippen LogP contribution is 2.33. The first kappa shape index (κ1) is 15.3. The summed E-state index contributed by atoms with van der Waals surface area (Å²) in [6.07, 6.45) is 1.45. The number of hydrogen-bond acceptors (Lipinski definition) is 6. The van der Waals surface area contributed by atoms with E-state index >= 15 is 0 Å². The SMILES string of the molecule is COc1cc2c(Cl)ncnc2cc1OCCN1CCNCC1. The van der Waals surface area contributed by atoms with Gasteiger partial charge in [0.15, 0.2) is 11.5 Å². The summed E-state index contributed by atoms with van der Waals surface area (Å²) in [6.45, 7) is 5.69. The number of aromatic nitrogens is 2. The van der Waals surface area contributed by atoms with E-state index < -0.39 is 0 Å². The van der Waals surface area contributed by atoms with Gasteiger partial charge < -0.3 is 14.8 Å². The molecule has 118 valence electrons. The Hall–Kier alpha value is -1.63. The van der Waals surface area contributed by atoms with E-state index in [4.69, 9.17) is 21.1 Å². The van der Waals surface area contributed by atoms with Crippen LogP contribution in [-0.2, 0) is 0 Å².